The van der Waals surface area contributed by atoms with Crippen molar-refractivity contribution in [1.29, 1.82) is 0 Å². The molecule has 6 aliphatic heterocycles. The van der Waals surface area contributed by atoms with Crippen LogP contribution in [-0.2, 0) is 113 Å². The molecule has 15 atom stereocenters. The number of pyridine rings is 1. The number of nitrogen functional groups attached to an aromatic ring is 1. The van der Waals surface area contributed by atoms with E-state index in [1.165, 1.54) is 23.9 Å². The smallest absolute Gasteiger partial charge is 0.410 e. The molecule has 3 saturated heterocycles. The lowest BCUT2D eigenvalue weighted by Gasteiger charge is -2.42. The molecule has 5 aromatic heterocycles. The number of rotatable bonds is 29. The van der Waals surface area contributed by atoms with Gasteiger partial charge in [-0.25, -0.2) is 39.2 Å². The first kappa shape index (κ1) is 99.8. The molecule has 34 nitrogen and oxygen atoms in total. The molecule has 6 aromatic rings. The van der Waals surface area contributed by atoms with Gasteiger partial charge in [0.25, 0.3) is 11.7 Å². The average Bonchev–Trinajstić information content (AvgIpc) is 1.78. The highest BCUT2D eigenvalue weighted by atomic mass is 16.6. The number of amides is 3. The number of aromatic amines is 1. The van der Waals surface area contributed by atoms with Crippen molar-refractivity contribution in [3.05, 3.63) is 131 Å². The van der Waals surface area contributed by atoms with Crippen molar-refractivity contribution in [3.8, 4) is 11.3 Å². The van der Waals surface area contributed by atoms with E-state index in [4.69, 9.17) is 72.9 Å². The molecule has 3 amide bonds. The second kappa shape index (κ2) is 48.0. The Morgan fingerprint density at radius 1 is 0.712 bits per heavy atom. The maximum atomic E-state index is 14.9. The Balaban J connectivity index is 0.497. The highest BCUT2D eigenvalue weighted by Crippen LogP contribution is 2.40. The van der Waals surface area contributed by atoms with Crippen LogP contribution in [0.3, 0.4) is 0 Å². The summed E-state index contributed by atoms with van der Waals surface area (Å²) in [5.74, 6) is -7.55. The van der Waals surface area contributed by atoms with Gasteiger partial charge in [0.15, 0.2) is 11.4 Å². The summed E-state index contributed by atoms with van der Waals surface area (Å²) >= 11 is 0. The predicted octanol–water partition coefficient (Wildman–Crippen LogP) is 9.67. The van der Waals surface area contributed by atoms with E-state index in [2.05, 4.69) is 47.9 Å². The number of ether oxygens (including phenoxy) is 11. The third-order valence-corrected chi connectivity index (χ3v) is 27.2. The summed E-state index contributed by atoms with van der Waals surface area (Å²) in [6, 6.07) is 9.16. The second-order valence-corrected chi connectivity index (χ2v) is 36.7. The zero-order valence-electron chi connectivity index (χ0n) is 78.4. The normalized spacial score (nSPS) is 27.2. The summed E-state index contributed by atoms with van der Waals surface area (Å²) in [5, 5.41) is 30.5. The van der Waals surface area contributed by atoms with E-state index in [0.29, 0.717) is 197 Å². The van der Waals surface area contributed by atoms with Crippen LogP contribution in [0.4, 0.5) is 16.6 Å². The Bertz CT molecular complexity index is 5030. The number of esters is 1. The van der Waals surface area contributed by atoms with E-state index in [-0.39, 0.29) is 61.7 Å². The SMILES string of the molecule is CO[C@H]1C[C@@H]2CC[C@@H](C)[C@@](O)(O2)C(=O)C(=O)N2CCCC[C@H]2C(=O)O[C@H]([C@H](C)C[C@@H]2CC[C@@H](OC(=O)N3CCc4nc(N5CCN(CCOCCOCCOCCOCCOCCC(=O)N6CCc7cc(Cn8nc(-c9cnc%10[nH]ccc%10c9)c9c(N)ncnc98)ccc7C6)CC5)ncc4C3)[C@H](OC)C2)CC(=O)[C@H](C)/C=C(\C)[C@@H](O)[C@@H](OC)C(=O)[C@H](C)C[C@H](C)/C=C/C=CC=C1C. The summed E-state index contributed by atoms with van der Waals surface area (Å²) in [4.78, 5) is 136. The Kier molecular flexibility index (Phi) is 36.3. The fraction of sp³-hybridized carbons (Fsp3) is 0.622. The lowest BCUT2D eigenvalue weighted by Crippen LogP contribution is -2.61. The number of nitrogens with zero attached hydrogens (tertiary/aromatic N) is 12. The molecule has 718 valence electrons. The van der Waals surface area contributed by atoms with Crippen LogP contribution in [-0.4, -0.2) is 305 Å². The van der Waals surface area contributed by atoms with E-state index in [9.17, 15) is 43.8 Å². The zero-order valence-corrected chi connectivity index (χ0v) is 78.4. The van der Waals surface area contributed by atoms with Crippen LogP contribution in [0, 0.1) is 35.5 Å². The molecule has 34 heteroatoms. The Hall–Kier alpha value is -9.69. The number of H-pyrrole nitrogens is 1. The monoisotopic (exact) mass is 1830 g/mol. The third-order valence-electron chi connectivity index (χ3n) is 27.2. The number of methoxy groups -OCH3 is 3. The van der Waals surface area contributed by atoms with Crippen LogP contribution in [0.15, 0.2) is 103 Å². The fourth-order valence-electron chi connectivity index (χ4n) is 19.2. The Morgan fingerprint density at radius 3 is 2.19 bits per heavy atom. The van der Waals surface area contributed by atoms with E-state index in [1.807, 2.05) is 92.2 Å². The van der Waals surface area contributed by atoms with Crippen LogP contribution in [0.25, 0.3) is 33.3 Å². The van der Waals surface area contributed by atoms with Crippen molar-refractivity contribution < 1.29 is 95.9 Å². The number of Topliss-reactive ketones (excluding diaryl/α,β-unsaturated/α-hetero) is 3. The number of fused-ring (bicyclic) bond motifs is 7. The van der Waals surface area contributed by atoms with E-state index < -0.39 is 102 Å². The first-order valence-electron chi connectivity index (χ1n) is 47.2. The molecule has 0 radical (unpaired) electrons. The van der Waals surface area contributed by atoms with Gasteiger partial charge in [-0.15, -0.1) is 0 Å². The van der Waals surface area contributed by atoms with Gasteiger partial charge in [0.1, 0.15) is 59.7 Å². The maximum absolute atomic E-state index is 14.9. The van der Waals surface area contributed by atoms with Crippen molar-refractivity contribution in [2.24, 2.45) is 35.5 Å². The quantitative estimate of drug-likeness (QED) is 0.0147. The predicted molar refractivity (Wildman–Crippen MR) is 492 cm³/mol. The number of piperidine rings is 1. The van der Waals surface area contributed by atoms with Crippen molar-refractivity contribution in [1.82, 2.24) is 59.3 Å². The molecule has 11 heterocycles. The third kappa shape index (κ3) is 25.9. The number of allylic oxidation sites excluding steroid dienone is 6. The number of nitrogens with one attached hydrogen (secondary N) is 1. The number of hydrogen-bond acceptors (Lipinski definition) is 29. The second-order valence-electron chi connectivity index (χ2n) is 36.7. The molecular formula is C98H136N14O20. The minimum atomic E-state index is -2.48. The van der Waals surface area contributed by atoms with E-state index in [1.54, 1.807) is 52.2 Å². The number of benzene rings is 1. The molecule has 1 aromatic carbocycles. The number of hydrogen-bond donors (Lipinski definition) is 4. The minimum Gasteiger partial charge on any atom is -0.460 e. The molecule has 0 unspecified atom stereocenters. The van der Waals surface area contributed by atoms with Crippen LogP contribution in [0.2, 0.25) is 0 Å². The molecule has 7 aliphatic rings. The van der Waals surface area contributed by atoms with Crippen LogP contribution < -0.4 is 10.6 Å². The lowest BCUT2D eigenvalue weighted by molar-refractivity contribution is -0.265. The lowest BCUT2D eigenvalue weighted by atomic mass is 9.78. The van der Waals surface area contributed by atoms with Gasteiger partial charge in [0.2, 0.25) is 17.6 Å². The number of ketones is 3. The maximum Gasteiger partial charge on any atom is 0.410 e. The van der Waals surface area contributed by atoms with Crippen molar-refractivity contribution in [2.75, 3.05) is 150 Å². The van der Waals surface area contributed by atoms with Gasteiger partial charge in [-0.05, 0) is 142 Å². The van der Waals surface area contributed by atoms with Gasteiger partial charge in [-0.1, -0.05) is 89.3 Å². The topological polar surface area (TPSA) is 402 Å². The highest BCUT2D eigenvalue weighted by molar-refractivity contribution is 6.39. The number of piperazine rings is 1. The number of aliphatic hydroxyl groups excluding tert-OH is 1. The van der Waals surface area contributed by atoms with Gasteiger partial charge in [-0.2, -0.15) is 5.10 Å². The summed E-state index contributed by atoms with van der Waals surface area (Å²) in [7, 11) is 4.54. The number of nitrogens with two attached hydrogens (primary N) is 1. The van der Waals surface area contributed by atoms with Gasteiger partial charge in [0.05, 0.1) is 115 Å². The summed E-state index contributed by atoms with van der Waals surface area (Å²) in [5.41, 5.74) is 15.7. The number of carbonyl (C=O) groups excluding carboxylic acids is 7. The average molecular weight is 1830 g/mol. The molecule has 13 rings (SSSR count). The summed E-state index contributed by atoms with van der Waals surface area (Å²) in [6.07, 6.45) is 18.1. The van der Waals surface area contributed by atoms with E-state index in [0.717, 1.165) is 83.7 Å². The molecule has 5 N–H and O–H groups in total. The molecular weight excluding hydrogens is 1690 g/mol. The fourth-order valence-corrected chi connectivity index (χ4v) is 19.2. The van der Waals surface area contributed by atoms with Crippen molar-refractivity contribution in [3.63, 3.8) is 0 Å². The minimum absolute atomic E-state index is 0.0183. The van der Waals surface area contributed by atoms with Gasteiger partial charge in [0, 0.05) is 152 Å². The number of anilines is 2. The standard InChI is InChI=1S/C98H136N14O20/c1-62-16-12-11-13-17-63(2)81(122-8)54-76-23-19-68(7)98(121,132-76)90(117)94(118)111-30-15-14-18-78(111)95(119)130-82(55-79(113)64(3)49-67(6)88(116)89(124-10)87(115)66(5)48-62)65(4)50-69-21-24-80(83(52-69)123-9)131-97(120)110-32-27-77-75(60-110)57-102-96(105-77)108-35-33-107(34-36-108)37-39-126-41-43-128-45-47-129-46-44-127-42-40-125-38-28-84(114)109-31-26-71-51-70(20-22-73(71)59-109)58-112-93-85(91(99)103-61-104-93)86(106-112)74-53-72-25-29-100-92(72)101-56-74/h11-13,16-17,20,22,25,29,49,51,53,56-57,61-62,64-66,68-69,76,78,80-83,88-89,116,121H,14-15,18-19,21,23-24,26-28,30-48,50,52,54-55,58-60H2,1-10H3,(H,100,101)(H2,99,103,104)/b13-11?,16-12+,63-17?,67-49+/t62-,64-,65-,66-,68-,69+,76+,78+,80-,81+,82+,83-,88-,89+,98-/m1/s1. The summed E-state index contributed by atoms with van der Waals surface area (Å²) in [6.45, 7) is 23.2. The molecule has 0 spiro atoms. The van der Waals surface area contributed by atoms with Gasteiger partial charge in [-0.3, -0.25) is 28.9 Å². The zero-order chi connectivity index (χ0) is 93.5. The first-order valence-corrected chi connectivity index (χ1v) is 47.2. The first-order chi connectivity index (χ1) is 63.8. The van der Waals surface area contributed by atoms with Crippen molar-refractivity contribution in [2.45, 2.75) is 219 Å². The highest BCUT2D eigenvalue weighted by Gasteiger charge is 2.53. The largest absolute Gasteiger partial charge is 0.460 e. The van der Waals surface area contributed by atoms with Crippen LogP contribution >= 0.6 is 0 Å². The molecule has 4 fully saturated rings. The molecule has 132 heavy (non-hydrogen) atoms. The van der Waals surface area contributed by atoms with Crippen molar-refractivity contribution >= 4 is 75.1 Å². The Labute approximate surface area is 773 Å². The van der Waals surface area contributed by atoms with E-state index >= 15 is 0 Å². The number of carbonyl (C=O) groups is 7. The van der Waals surface area contributed by atoms with Gasteiger partial charge < -0.3 is 92.6 Å². The molecule has 1 saturated carbocycles. The Morgan fingerprint density at radius 2 is 1.45 bits per heavy atom. The van der Waals surface area contributed by atoms with Crippen LogP contribution in [0.5, 0.6) is 0 Å². The number of cyclic esters (lactones) is 1. The molecule has 2 bridgehead atoms. The van der Waals surface area contributed by atoms with Gasteiger partial charge >= 0.3 is 12.1 Å². The number of aliphatic hydroxyl groups is 2. The molecule has 1 aliphatic carbocycles. The summed E-state index contributed by atoms with van der Waals surface area (Å²) < 4.78 is 67.3. The number of aromatic nitrogens is 8. The van der Waals surface area contributed by atoms with Crippen LogP contribution in [0.1, 0.15) is 160 Å².